The number of aliphatic hydroxyl groups excluding tert-OH is 1. The van der Waals surface area contributed by atoms with Gasteiger partial charge in [0.05, 0.1) is 6.61 Å². The first-order valence-corrected chi connectivity index (χ1v) is 6.73. The monoisotopic (exact) mass is 261 g/mol. The molecule has 0 aliphatic rings. The van der Waals surface area contributed by atoms with E-state index in [1.165, 1.54) is 22.2 Å². The molecule has 0 radical (unpaired) electrons. The van der Waals surface area contributed by atoms with Gasteiger partial charge in [0.15, 0.2) is 0 Å². The largest absolute Gasteiger partial charge is 0.395 e. The molecule has 0 amide bonds. The molecule has 0 aliphatic heterocycles. The topological polar surface area (TPSA) is 65.3 Å². The van der Waals surface area contributed by atoms with E-state index in [1.54, 1.807) is 0 Å². The summed E-state index contributed by atoms with van der Waals surface area (Å²) in [5, 5.41) is 10.3. The summed E-state index contributed by atoms with van der Waals surface area (Å²) in [4.78, 5) is 5.59. The third-order valence-corrected chi connectivity index (χ3v) is 3.55. The standard InChI is InChI=1S/C15H23N3O/c1-11-13(7-8-18(2)9-12(16)10-19)14-5-3-4-6-15(14)17-11/h3-6,12,17,19H,7-10,16H2,1-2H3. The maximum atomic E-state index is 8.96. The Labute approximate surface area is 114 Å². The van der Waals surface area contributed by atoms with Crippen molar-refractivity contribution in [2.75, 3.05) is 26.7 Å². The molecule has 4 N–H and O–H groups in total. The van der Waals surface area contributed by atoms with Gasteiger partial charge in [0.1, 0.15) is 0 Å². The van der Waals surface area contributed by atoms with Crippen LogP contribution in [0.5, 0.6) is 0 Å². The summed E-state index contributed by atoms with van der Waals surface area (Å²) in [6.45, 7) is 3.82. The number of nitrogens with one attached hydrogen (secondary N) is 1. The Balaban J connectivity index is 2.03. The van der Waals surface area contributed by atoms with E-state index >= 15 is 0 Å². The molecule has 0 bridgehead atoms. The minimum absolute atomic E-state index is 0.0381. The number of rotatable bonds is 6. The molecule has 104 valence electrons. The van der Waals surface area contributed by atoms with E-state index in [9.17, 15) is 0 Å². The quantitative estimate of drug-likeness (QED) is 0.733. The van der Waals surface area contributed by atoms with Gasteiger partial charge >= 0.3 is 0 Å². The zero-order chi connectivity index (χ0) is 13.8. The number of H-pyrrole nitrogens is 1. The van der Waals surface area contributed by atoms with Crippen molar-refractivity contribution in [3.05, 3.63) is 35.5 Å². The number of fused-ring (bicyclic) bond motifs is 1. The van der Waals surface area contributed by atoms with Crippen molar-refractivity contribution in [2.45, 2.75) is 19.4 Å². The van der Waals surface area contributed by atoms with Gasteiger partial charge in [-0.05, 0) is 32.0 Å². The molecule has 0 saturated carbocycles. The average molecular weight is 261 g/mol. The van der Waals surface area contributed by atoms with Gasteiger partial charge < -0.3 is 20.7 Å². The summed E-state index contributed by atoms with van der Waals surface area (Å²) in [5.74, 6) is 0. The highest BCUT2D eigenvalue weighted by Crippen LogP contribution is 2.22. The van der Waals surface area contributed by atoms with E-state index in [-0.39, 0.29) is 12.6 Å². The fourth-order valence-electron chi connectivity index (χ4n) is 2.51. The molecule has 4 nitrogen and oxygen atoms in total. The average Bonchev–Trinajstić information content (AvgIpc) is 2.71. The summed E-state index contributed by atoms with van der Waals surface area (Å²) in [7, 11) is 2.04. The zero-order valence-electron chi connectivity index (χ0n) is 11.7. The first kappa shape index (κ1) is 14.1. The number of para-hydroxylation sites is 1. The molecule has 1 aromatic carbocycles. The van der Waals surface area contributed by atoms with Crippen molar-refractivity contribution >= 4 is 10.9 Å². The molecule has 4 heteroatoms. The second-order valence-corrected chi connectivity index (χ2v) is 5.23. The van der Waals surface area contributed by atoms with Crippen molar-refractivity contribution < 1.29 is 5.11 Å². The van der Waals surface area contributed by atoms with Gasteiger partial charge in [-0.15, -0.1) is 0 Å². The number of aromatic amines is 1. The van der Waals surface area contributed by atoms with Crippen LogP contribution in [0, 0.1) is 6.92 Å². The van der Waals surface area contributed by atoms with Crippen LogP contribution < -0.4 is 5.73 Å². The van der Waals surface area contributed by atoms with E-state index in [4.69, 9.17) is 10.8 Å². The number of aryl methyl sites for hydroxylation is 1. The molecule has 1 atom stereocenters. The van der Waals surface area contributed by atoms with Gasteiger partial charge in [-0.25, -0.2) is 0 Å². The highest BCUT2D eigenvalue weighted by molar-refractivity contribution is 5.84. The summed E-state index contributed by atoms with van der Waals surface area (Å²) in [6, 6.07) is 8.23. The van der Waals surface area contributed by atoms with Crippen molar-refractivity contribution in [2.24, 2.45) is 5.73 Å². The second kappa shape index (κ2) is 6.19. The van der Waals surface area contributed by atoms with Crippen LogP contribution in [0.1, 0.15) is 11.3 Å². The number of nitrogens with zero attached hydrogens (tertiary/aromatic N) is 1. The van der Waals surface area contributed by atoms with Crippen LogP contribution in [0.4, 0.5) is 0 Å². The number of benzene rings is 1. The van der Waals surface area contributed by atoms with E-state index < -0.39 is 0 Å². The molecule has 0 aliphatic carbocycles. The van der Waals surface area contributed by atoms with Crippen LogP contribution in [0.2, 0.25) is 0 Å². The van der Waals surface area contributed by atoms with E-state index in [0.29, 0.717) is 0 Å². The van der Waals surface area contributed by atoms with Gasteiger partial charge in [0.2, 0.25) is 0 Å². The number of aliphatic hydroxyl groups is 1. The Morgan fingerprint density at radius 3 is 2.84 bits per heavy atom. The lowest BCUT2D eigenvalue weighted by Crippen LogP contribution is -2.38. The Kier molecular flexibility index (Phi) is 4.58. The summed E-state index contributed by atoms with van der Waals surface area (Å²) < 4.78 is 0. The molecular weight excluding hydrogens is 238 g/mol. The number of nitrogens with two attached hydrogens (primary N) is 1. The van der Waals surface area contributed by atoms with Crippen LogP contribution >= 0.6 is 0 Å². The van der Waals surface area contributed by atoms with Gasteiger partial charge in [-0.3, -0.25) is 0 Å². The van der Waals surface area contributed by atoms with E-state index in [0.717, 1.165) is 19.5 Å². The van der Waals surface area contributed by atoms with Crippen LogP contribution in [-0.2, 0) is 6.42 Å². The lowest BCUT2D eigenvalue weighted by molar-refractivity contribution is 0.223. The Hall–Kier alpha value is -1.36. The van der Waals surface area contributed by atoms with Crippen molar-refractivity contribution in [3.8, 4) is 0 Å². The second-order valence-electron chi connectivity index (χ2n) is 5.23. The molecule has 1 unspecified atom stereocenters. The molecular formula is C15H23N3O. The fourth-order valence-corrected chi connectivity index (χ4v) is 2.51. The van der Waals surface area contributed by atoms with Gasteiger partial charge in [-0.2, -0.15) is 0 Å². The first-order valence-electron chi connectivity index (χ1n) is 6.73. The SMILES string of the molecule is Cc1[nH]c2ccccc2c1CCN(C)CC(N)CO. The first-order chi connectivity index (χ1) is 9.11. The minimum atomic E-state index is -0.158. The van der Waals surface area contributed by atoms with E-state index in [2.05, 4.69) is 41.1 Å². The number of hydrogen-bond donors (Lipinski definition) is 3. The molecule has 19 heavy (non-hydrogen) atoms. The maximum Gasteiger partial charge on any atom is 0.0595 e. The highest BCUT2D eigenvalue weighted by atomic mass is 16.3. The van der Waals surface area contributed by atoms with Crippen molar-refractivity contribution in [1.29, 1.82) is 0 Å². The Bertz CT molecular complexity index is 535. The summed E-state index contributed by atoms with van der Waals surface area (Å²) in [5.41, 5.74) is 9.56. The smallest absolute Gasteiger partial charge is 0.0595 e. The Morgan fingerprint density at radius 2 is 2.11 bits per heavy atom. The molecule has 1 aromatic heterocycles. The maximum absolute atomic E-state index is 8.96. The summed E-state index contributed by atoms with van der Waals surface area (Å²) in [6.07, 6.45) is 0.991. The molecule has 0 spiro atoms. The Morgan fingerprint density at radius 1 is 1.37 bits per heavy atom. The van der Waals surface area contributed by atoms with E-state index in [1.807, 2.05) is 7.05 Å². The van der Waals surface area contributed by atoms with Crippen molar-refractivity contribution in [3.63, 3.8) is 0 Å². The lowest BCUT2D eigenvalue weighted by Gasteiger charge is -2.19. The third kappa shape index (κ3) is 3.35. The van der Waals surface area contributed by atoms with Gasteiger partial charge in [0, 0.05) is 35.7 Å². The molecule has 2 aromatic rings. The van der Waals surface area contributed by atoms with Crippen LogP contribution in [0.25, 0.3) is 10.9 Å². The molecule has 2 rings (SSSR count). The lowest BCUT2D eigenvalue weighted by atomic mass is 10.1. The summed E-state index contributed by atoms with van der Waals surface area (Å²) >= 11 is 0. The van der Waals surface area contributed by atoms with Crippen molar-refractivity contribution in [1.82, 2.24) is 9.88 Å². The van der Waals surface area contributed by atoms with Crippen LogP contribution in [0.15, 0.2) is 24.3 Å². The third-order valence-electron chi connectivity index (χ3n) is 3.55. The number of likely N-dealkylation sites (N-methyl/N-ethyl adjacent to an activating group) is 1. The van der Waals surface area contributed by atoms with Gasteiger partial charge in [0.25, 0.3) is 0 Å². The van der Waals surface area contributed by atoms with Crippen LogP contribution in [-0.4, -0.2) is 47.8 Å². The molecule has 1 heterocycles. The highest BCUT2D eigenvalue weighted by Gasteiger charge is 2.10. The fraction of sp³-hybridized carbons (Fsp3) is 0.467. The van der Waals surface area contributed by atoms with Crippen LogP contribution in [0.3, 0.4) is 0 Å². The predicted octanol–water partition coefficient (Wildman–Crippen LogP) is 1.27. The molecule has 0 fully saturated rings. The predicted molar refractivity (Wildman–Crippen MR) is 79.3 cm³/mol. The number of aromatic nitrogens is 1. The normalized spacial score (nSPS) is 13.3. The number of hydrogen-bond acceptors (Lipinski definition) is 3. The zero-order valence-corrected chi connectivity index (χ0v) is 11.7. The molecule has 0 saturated heterocycles. The van der Waals surface area contributed by atoms with Gasteiger partial charge in [-0.1, -0.05) is 18.2 Å². The minimum Gasteiger partial charge on any atom is -0.395 e.